The van der Waals surface area contributed by atoms with E-state index < -0.39 is 0 Å². The number of nitrogens with one attached hydrogen (secondary N) is 1. The van der Waals surface area contributed by atoms with Crippen molar-refractivity contribution in [1.82, 2.24) is 0 Å². The Labute approximate surface area is 121 Å². The molecule has 2 heteroatoms. The van der Waals surface area contributed by atoms with Crippen LogP contribution in [0.2, 0.25) is 0 Å². The lowest BCUT2D eigenvalue weighted by Gasteiger charge is -2.12. The zero-order valence-electron chi connectivity index (χ0n) is 12.7. The molecule has 0 saturated carbocycles. The molecule has 2 aromatic rings. The van der Waals surface area contributed by atoms with Gasteiger partial charge < -0.3 is 10.1 Å². The predicted molar refractivity (Wildman–Crippen MR) is 85.4 cm³/mol. The van der Waals surface area contributed by atoms with Crippen LogP contribution in [-0.2, 0) is 6.54 Å². The highest BCUT2D eigenvalue weighted by Crippen LogP contribution is 2.18. The summed E-state index contributed by atoms with van der Waals surface area (Å²) in [6, 6.07) is 14.7. The van der Waals surface area contributed by atoms with Crippen molar-refractivity contribution in [2.45, 2.75) is 40.3 Å². The molecule has 0 radical (unpaired) electrons. The number of rotatable bonds is 5. The normalized spacial score (nSPS) is 10.7. The maximum atomic E-state index is 5.64. The van der Waals surface area contributed by atoms with Crippen LogP contribution < -0.4 is 10.1 Å². The van der Waals surface area contributed by atoms with Gasteiger partial charge in [0.05, 0.1) is 6.10 Å². The van der Waals surface area contributed by atoms with Crippen molar-refractivity contribution in [2.75, 3.05) is 5.32 Å². The molecule has 0 aliphatic rings. The largest absolute Gasteiger partial charge is 0.491 e. The fraction of sp³-hybridized carbons (Fsp3) is 0.333. The molecule has 0 saturated heterocycles. The molecule has 0 bridgehead atoms. The van der Waals surface area contributed by atoms with Gasteiger partial charge in [0.1, 0.15) is 5.75 Å². The summed E-state index contributed by atoms with van der Waals surface area (Å²) in [6.45, 7) is 9.19. The highest BCUT2D eigenvalue weighted by atomic mass is 16.5. The fourth-order valence-corrected chi connectivity index (χ4v) is 2.16. The van der Waals surface area contributed by atoms with E-state index in [9.17, 15) is 0 Å². The van der Waals surface area contributed by atoms with E-state index in [0.29, 0.717) is 0 Å². The van der Waals surface area contributed by atoms with Gasteiger partial charge in [-0.05, 0) is 63.1 Å². The lowest BCUT2D eigenvalue weighted by molar-refractivity contribution is 0.242. The standard InChI is InChI=1S/C18H23NO/c1-13(2)20-18-9-7-17(8-10-18)19-12-16-6-5-14(3)11-15(16)4/h5-11,13,19H,12H2,1-4H3. The molecule has 0 aliphatic heterocycles. The Morgan fingerprint density at radius 3 is 2.30 bits per heavy atom. The van der Waals surface area contributed by atoms with Crippen LogP contribution in [0.3, 0.4) is 0 Å². The summed E-state index contributed by atoms with van der Waals surface area (Å²) in [6.07, 6.45) is 0.212. The number of aryl methyl sites for hydroxylation is 2. The SMILES string of the molecule is Cc1ccc(CNc2ccc(OC(C)C)cc2)c(C)c1. The van der Waals surface area contributed by atoms with Crippen molar-refractivity contribution < 1.29 is 4.74 Å². The van der Waals surface area contributed by atoms with Crippen molar-refractivity contribution in [3.8, 4) is 5.75 Å². The third-order valence-corrected chi connectivity index (χ3v) is 3.21. The van der Waals surface area contributed by atoms with Gasteiger partial charge in [-0.2, -0.15) is 0 Å². The van der Waals surface area contributed by atoms with Crippen LogP contribution in [0.1, 0.15) is 30.5 Å². The van der Waals surface area contributed by atoms with Crippen LogP contribution in [0.5, 0.6) is 5.75 Å². The average molecular weight is 269 g/mol. The number of benzene rings is 2. The minimum Gasteiger partial charge on any atom is -0.491 e. The van der Waals surface area contributed by atoms with Crippen molar-refractivity contribution in [3.05, 3.63) is 59.2 Å². The summed E-state index contributed by atoms with van der Waals surface area (Å²) in [7, 11) is 0. The van der Waals surface area contributed by atoms with E-state index in [1.807, 2.05) is 26.0 Å². The second-order valence-corrected chi connectivity index (χ2v) is 5.47. The predicted octanol–water partition coefficient (Wildman–Crippen LogP) is 4.70. The first-order valence-corrected chi connectivity index (χ1v) is 7.11. The van der Waals surface area contributed by atoms with Crippen molar-refractivity contribution in [2.24, 2.45) is 0 Å². The van der Waals surface area contributed by atoms with E-state index in [-0.39, 0.29) is 6.10 Å². The molecule has 0 unspecified atom stereocenters. The molecule has 2 nitrogen and oxygen atoms in total. The summed E-state index contributed by atoms with van der Waals surface area (Å²) in [5, 5.41) is 3.45. The van der Waals surface area contributed by atoms with Gasteiger partial charge in [0.2, 0.25) is 0 Å². The van der Waals surface area contributed by atoms with Gasteiger partial charge in [-0.25, -0.2) is 0 Å². The summed E-state index contributed by atoms with van der Waals surface area (Å²) in [5.74, 6) is 0.914. The molecule has 2 aromatic carbocycles. The Bertz CT molecular complexity index is 558. The van der Waals surface area contributed by atoms with E-state index in [4.69, 9.17) is 4.74 Å². The highest BCUT2D eigenvalue weighted by Gasteiger charge is 2.00. The number of ether oxygens (including phenoxy) is 1. The van der Waals surface area contributed by atoms with E-state index in [0.717, 1.165) is 18.0 Å². The lowest BCUT2D eigenvalue weighted by atomic mass is 10.1. The third kappa shape index (κ3) is 4.02. The molecule has 106 valence electrons. The van der Waals surface area contributed by atoms with E-state index in [2.05, 4.69) is 49.5 Å². The summed E-state index contributed by atoms with van der Waals surface area (Å²) in [5.41, 5.74) is 5.08. The average Bonchev–Trinajstić information content (AvgIpc) is 2.39. The second kappa shape index (κ2) is 6.47. The van der Waals surface area contributed by atoms with Gasteiger partial charge in [0.15, 0.2) is 0 Å². The van der Waals surface area contributed by atoms with Crippen molar-refractivity contribution >= 4 is 5.69 Å². The van der Waals surface area contributed by atoms with Crippen LogP contribution in [-0.4, -0.2) is 6.10 Å². The molecule has 0 aromatic heterocycles. The van der Waals surface area contributed by atoms with E-state index >= 15 is 0 Å². The highest BCUT2D eigenvalue weighted by molar-refractivity contribution is 5.47. The van der Waals surface area contributed by atoms with Crippen LogP contribution in [0.15, 0.2) is 42.5 Å². The van der Waals surface area contributed by atoms with Crippen LogP contribution in [0, 0.1) is 13.8 Å². The quantitative estimate of drug-likeness (QED) is 0.849. The van der Waals surface area contributed by atoms with Crippen molar-refractivity contribution in [3.63, 3.8) is 0 Å². The van der Waals surface area contributed by atoms with E-state index in [1.54, 1.807) is 0 Å². The third-order valence-electron chi connectivity index (χ3n) is 3.21. The minimum atomic E-state index is 0.212. The first-order chi connectivity index (χ1) is 9.54. The number of anilines is 1. The smallest absolute Gasteiger partial charge is 0.119 e. The fourth-order valence-electron chi connectivity index (χ4n) is 2.16. The van der Waals surface area contributed by atoms with Crippen LogP contribution in [0.4, 0.5) is 5.69 Å². The zero-order chi connectivity index (χ0) is 14.5. The molecular weight excluding hydrogens is 246 g/mol. The molecule has 0 fully saturated rings. The molecule has 0 atom stereocenters. The van der Waals surface area contributed by atoms with Gasteiger partial charge >= 0.3 is 0 Å². The molecule has 0 spiro atoms. The summed E-state index contributed by atoms with van der Waals surface area (Å²) in [4.78, 5) is 0. The first-order valence-electron chi connectivity index (χ1n) is 7.11. The topological polar surface area (TPSA) is 21.3 Å². The minimum absolute atomic E-state index is 0.212. The summed E-state index contributed by atoms with van der Waals surface area (Å²) >= 11 is 0. The van der Waals surface area contributed by atoms with Crippen LogP contribution in [0.25, 0.3) is 0 Å². The molecule has 0 heterocycles. The van der Waals surface area contributed by atoms with Gasteiger partial charge in [-0.1, -0.05) is 23.8 Å². The zero-order valence-corrected chi connectivity index (χ0v) is 12.7. The van der Waals surface area contributed by atoms with Crippen LogP contribution >= 0.6 is 0 Å². The second-order valence-electron chi connectivity index (χ2n) is 5.47. The molecule has 0 aliphatic carbocycles. The molecule has 2 rings (SSSR count). The number of hydrogen-bond acceptors (Lipinski definition) is 2. The Balaban J connectivity index is 1.96. The molecular formula is C18H23NO. The number of hydrogen-bond donors (Lipinski definition) is 1. The maximum absolute atomic E-state index is 5.64. The van der Waals surface area contributed by atoms with Gasteiger partial charge in [0.25, 0.3) is 0 Å². The maximum Gasteiger partial charge on any atom is 0.119 e. The van der Waals surface area contributed by atoms with Gasteiger partial charge in [-0.3, -0.25) is 0 Å². The molecule has 20 heavy (non-hydrogen) atoms. The Morgan fingerprint density at radius 1 is 1.00 bits per heavy atom. The summed E-state index contributed by atoms with van der Waals surface area (Å²) < 4.78 is 5.64. The molecule has 1 N–H and O–H groups in total. The Kier molecular flexibility index (Phi) is 4.67. The van der Waals surface area contributed by atoms with Gasteiger partial charge in [0, 0.05) is 12.2 Å². The Morgan fingerprint density at radius 2 is 1.70 bits per heavy atom. The monoisotopic (exact) mass is 269 g/mol. The molecule has 0 amide bonds. The Hall–Kier alpha value is -1.96. The van der Waals surface area contributed by atoms with E-state index in [1.165, 1.54) is 16.7 Å². The van der Waals surface area contributed by atoms with Crippen molar-refractivity contribution in [1.29, 1.82) is 0 Å². The lowest BCUT2D eigenvalue weighted by Crippen LogP contribution is -2.05. The first kappa shape index (κ1) is 14.4. The van der Waals surface area contributed by atoms with Gasteiger partial charge in [-0.15, -0.1) is 0 Å².